The first-order valence-electron chi connectivity index (χ1n) is 4.66. The predicted octanol–water partition coefficient (Wildman–Crippen LogP) is 2.84. The molecule has 1 nitrogen and oxygen atoms in total. The Morgan fingerprint density at radius 3 is 2.31 bits per heavy atom. The summed E-state index contributed by atoms with van der Waals surface area (Å²) in [6, 6.07) is 0. The summed E-state index contributed by atoms with van der Waals surface area (Å²) in [5, 5.41) is 3.56. The Bertz CT molecular complexity index is 255. The summed E-state index contributed by atoms with van der Waals surface area (Å²) in [6.45, 7) is 12.2. The maximum atomic E-state index is 4.05. The summed E-state index contributed by atoms with van der Waals surface area (Å²) in [7, 11) is 0.313. The molecule has 13 heavy (non-hydrogen) atoms. The van der Waals surface area contributed by atoms with Gasteiger partial charge in [-0.15, -0.1) is 11.5 Å². The van der Waals surface area contributed by atoms with E-state index in [1.165, 1.54) is 11.5 Å². The van der Waals surface area contributed by atoms with Crippen LogP contribution in [-0.2, 0) is 10.3 Å². The first-order chi connectivity index (χ1) is 6.05. The molecule has 0 saturated heterocycles. The van der Waals surface area contributed by atoms with Gasteiger partial charge in [0.2, 0.25) is 0 Å². The third-order valence-corrected chi connectivity index (χ3v) is 3.82. The molecule has 0 aromatic heterocycles. The van der Waals surface area contributed by atoms with Crippen molar-refractivity contribution in [2.45, 2.75) is 27.7 Å². The first kappa shape index (κ1) is 12.5. The molecule has 0 rings (SSSR count). The Morgan fingerprint density at radius 2 is 1.92 bits per heavy atom. The van der Waals surface area contributed by atoms with Crippen LogP contribution in [0.4, 0.5) is 0 Å². The minimum absolute atomic E-state index is 0.0245. The van der Waals surface area contributed by atoms with Gasteiger partial charge in [0.05, 0.1) is 0 Å². The molecule has 0 aromatic carbocycles. The number of nitrogens with zero attached hydrogens (tertiary/aromatic N) is 1. The smallest absolute Gasteiger partial charge is 0.0274 e. The van der Waals surface area contributed by atoms with Crippen LogP contribution in [0, 0.1) is 10.6 Å². The molecule has 0 radical (unpaired) electrons. The van der Waals surface area contributed by atoms with Crippen molar-refractivity contribution in [3.05, 3.63) is 12.8 Å². The zero-order valence-corrected chi connectivity index (χ0v) is 9.95. The fraction of sp³-hybridized carbons (Fsp3) is 0.636. The molecule has 0 fully saturated rings. The molecule has 0 unspecified atom stereocenters. The third kappa shape index (κ3) is 5.73. The maximum Gasteiger partial charge on any atom is 0.0274 e. The van der Waals surface area contributed by atoms with Gasteiger partial charge in [0.25, 0.3) is 0 Å². The quantitative estimate of drug-likeness (QED) is 0.478. The van der Waals surface area contributed by atoms with E-state index in [0.29, 0.717) is 10.3 Å². The van der Waals surface area contributed by atoms with Gasteiger partial charge in [-0.2, -0.15) is 0 Å². The summed E-state index contributed by atoms with van der Waals surface area (Å²) in [5.74, 6) is 2.36. The van der Waals surface area contributed by atoms with Crippen LogP contribution in [0.3, 0.4) is 0 Å². The lowest BCUT2D eigenvalue weighted by Gasteiger charge is -2.21. The maximum absolute atomic E-state index is 4.05. The molecule has 0 aliphatic carbocycles. The summed E-state index contributed by atoms with van der Waals surface area (Å²) < 4.78 is 0. The summed E-state index contributed by atoms with van der Waals surface area (Å²) in [6.07, 6.45) is 3.48. The van der Waals surface area contributed by atoms with E-state index in [4.69, 9.17) is 0 Å². The molecule has 0 aliphatic heterocycles. The van der Waals surface area contributed by atoms with Crippen LogP contribution in [-0.4, -0.2) is 17.7 Å². The molecular formula is C11H20NS-. The minimum atomic E-state index is -0.0245. The number of hydrogen-bond donors (Lipinski definition) is 0. The van der Waals surface area contributed by atoms with Gasteiger partial charge in [0.15, 0.2) is 0 Å². The molecule has 0 bridgehead atoms. The molecule has 0 aliphatic rings. The molecule has 0 atom stereocenters. The van der Waals surface area contributed by atoms with E-state index in [-0.39, 0.29) is 5.41 Å². The van der Waals surface area contributed by atoms with Crippen molar-refractivity contribution >= 4 is 16.5 Å². The van der Waals surface area contributed by atoms with Crippen molar-refractivity contribution in [3.8, 4) is 5.18 Å². The SMILES string of the molecule is C=CN=CC(C)(C)C#[S-](CC)CC. The van der Waals surface area contributed by atoms with Crippen molar-refractivity contribution in [1.29, 1.82) is 0 Å². The lowest BCUT2D eigenvalue weighted by atomic mass is 9.99. The Hall–Kier alpha value is -0.460. The molecule has 76 valence electrons. The van der Waals surface area contributed by atoms with E-state index in [9.17, 15) is 0 Å². The van der Waals surface area contributed by atoms with Crippen molar-refractivity contribution in [2.75, 3.05) is 11.5 Å². The van der Waals surface area contributed by atoms with Crippen molar-refractivity contribution in [3.63, 3.8) is 0 Å². The highest BCUT2D eigenvalue weighted by atomic mass is 32.2. The predicted molar refractivity (Wildman–Crippen MR) is 64.8 cm³/mol. The molecule has 0 aromatic rings. The van der Waals surface area contributed by atoms with E-state index in [0.717, 1.165) is 0 Å². The van der Waals surface area contributed by atoms with E-state index in [2.05, 4.69) is 44.5 Å². The standard InChI is InChI=1S/C11H20NS/c1-6-12-9-11(4,5)10-13(7-2)8-3/h6,9H,1,7-8H2,2-5H3/q-1. The lowest BCUT2D eigenvalue weighted by molar-refractivity contribution is 0.728. The van der Waals surface area contributed by atoms with Crippen LogP contribution in [0.15, 0.2) is 17.8 Å². The second-order valence-corrected chi connectivity index (χ2v) is 5.70. The lowest BCUT2D eigenvalue weighted by Crippen LogP contribution is -2.12. The molecular weight excluding hydrogens is 178 g/mol. The van der Waals surface area contributed by atoms with Crippen LogP contribution in [0.2, 0.25) is 0 Å². The van der Waals surface area contributed by atoms with Gasteiger partial charge in [0.1, 0.15) is 0 Å². The van der Waals surface area contributed by atoms with Gasteiger partial charge >= 0.3 is 0 Å². The Labute approximate surface area is 84.5 Å². The topological polar surface area (TPSA) is 12.4 Å². The van der Waals surface area contributed by atoms with Crippen LogP contribution in [0.25, 0.3) is 0 Å². The molecule has 0 N–H and O–H groups in total. The van der Waals surface area contributed by atoms with E-state index in [1.54, 1.807) is 6.20 Å². The number of aliphatic imine (C=N–C) groups is 1. The highest BCUT2D eigenvalue weighted by molar-refractivity contribution is 7.86. The van der Waals surface area contributed by atoms with Crippen LogP contribution in [0.1, 0.15) is 27.7 Å². The Kier molecular flexibility index (Phi) is 5.85. The number of hydrogen-bond acceptors (Lipinski definition) is 2. The average Bonchev–Trinajstić information content (AvgIpc) is 2.11. The third-order valence-electron chi connectivity index (χ3n) is 1.61. The van der Waals surface area contributed by atoms with Crippen LogP contribution >= 0.6 is 0 Å². The summed E-state index contributed by atoms with van der Waals surface area (Å²) in [5.41, 5.74) is -0.0245. The zero-order chi connectivity index (χ0) is 10.3. The second kappa shape index (κ2) is 6.06. The van der Waals surface area contributed by atoms with Gasteiger partial charge in [-0.25, -0.2) is 0 Å². The highest BCUT2D eigenvalue weighted by Gasteiger charge is 2.05. The fourth-order valence-electron chi connectivity index (χ4n) is 0.986. The summed E-state index contributed by atoms with van der Waals surface area (Å²) >= 11 is 0. The monoisotopic (exact) mass is 198 g/mol. The van der Waals surface area contributed by atoms with Gasteiger partial charge in [0, 0.05) is 17.8 Å². The van der Waals surface area contributed by atoms with E-state index in [1.807, 2.05) is 6.21 Å². The van der Waals surface area contributed by atoms with Gasteiger partial charge in [-0.3, -0.25) is 10.2 Å². The molecule has 0 saturated carbocycles. The Balaban J connectivity index is 4.68. The Morgan fingerprint density at radius 1 is 1.38 bits per heavy atom. The zero-order valence-electron chi connectivity index (χ0n) is 9.13. The van der Waals surface area contributed by atoms with Gasteiger partial charge < -0.3 is 10.3 Å². The van der Waals surface area contributed by atoms with Gasteiger partial charge in [-0.1, -0.05) is 20.4 Å². The number of rotatable bonds is 2. The largest absolute Gasteiger partial charge is 0.454 e. The van der Waals surface area contributed by atoms with Crippen molar-refractivity contribution in [1.82, 2.24) is 0 Å². The molecule has 2 heteroatoms. The van der Waals surface area contributed by atoms with E-state index < -0.39 is 0 Å². The molecule has 0 amide bonds. The highest BCUT2D eigenvalue weighted by Crippen LogP contribution is 2.10. The molecule has 0 heterocycles. The molecule has 0 spiro atoms. The normalized spacial score (nSPS) is 12.1. The summed E-state index contributed by atoms with van der Waals surface area (Å²) in [4.78, 5) is 4.05. The van der Waals surface area contributed by atoms with Crippen LogP contribution < -0.4 is 0 Å². The van der Waals surface area contributed by atoms with E-state index >= 15 is 0 Å². The first-order valence-corrected chi connectivity index (χ1v) is 6.22. The fourth-order valence-corrected chi connectivity index (χ4v) is 2.48. The van der Waals surface area contributed by atoms with Crippen LogP contribution in [0.5, 0.6) is 0 Å². The second-order valence-electron chi connectivity index (χ2n) is 3.35. The minimum Gasteiger partial charge on any atom is -0.454 e. The van der Waals surface area contributed by atoms with Crippen molar-refractivity contribution < 1.29 is 0 Å². The average molecular weight is 198 g/mol. The van der Waals surface area contributed by atoms with Gasteiger partial charge in [-0.05, 0) is 13.8 Å². The van der Waals surface area contributed by atoms with Crippen molar-refractivity contribution in [2.24, 2.45) is 10.4 Å².